The van der Waals surface area contributed by atoms with Crippen LogP contribution >= 0.6 is 0 Å². The minimum atomic E-state index is -6.19. The summed E-state index contributed by atoms with van der Waals surface area (Å²) < 4.78 is 88.2. The van der Waals surface area contributed by atoms with Gasteiger partial charge in [0.1, 0.15) is 0 Å². The highest BCUT2D eigenvalue weighted by Gasteiger charge is 2.75. The Bertz CT molecular complexity index is 1340. The van der Waals surface area contributed by atoms with Crippen molar-refractivity contribution in [1.29, 1.82) is 0 Å². The van der Waals surface area contributed by atoms with Crippen molar-refractivity contribution in [2.75, 3.05) is 5.32 Å². The van der Waals surface area contributed by atoms with Crippen molar-refractivity contribution in [3.05, 3.63) is 112 Å². The van der Waals surface area contributed by atoms with Crippen LogP contribution in [0.3, 0.4) is 0 Å². The monoisotopic (exact) mass is 538 g/mol. The maximum atomic E-state index is 14.0. The predicted octanol–water partition coefficient (Wildman–Crippen LogP) is 6.42. The Morgan fingerprint density at radius 1 is 0.842 bits per heavy atom. The van der Waals surface area contributed by atoms with Gasteiger partial charge in [0, 0.05) is 29.5 Å². The van der Waals surface area contributed by atoms with Crippen LogP contribution in [-0.2, 0) is 15.1 Å². The number of nitro groups is 1. The van der Waals surface area contributed by atoms with Gasteiger partial charge >= 0.3 is 23.9 Å². The molecule has 1 amide bonds. The molecule has 0 fully saturated rings. The lowest BCUT2D eigenvalue weighted by Gasteiger charge is -2.36. The lowest BCUT2D eigenvalue weighted by Crippen LogP contribution is -2.56. The number of hydrogen-bond acceptors (Lipinski definition) is 5. The second kappa shape index (κ2) is 10.7. The molecule has 13 heteroatoms. The van der Waals surface area contributed by atoms with Crippen LogP contribution in [0, 0.1) is 10.1 Å². The summed E-state index contributed by atoms with van der Waals surface area (Å²) in [5.41, 5.74) is -7.73. The maximum Gasteiger partial charge on any atom is 0.442 e. The second-order valence-corrected chi connectivity index (χ2v) is 7.68. The van der Waals surface area contributed by atoms with Gasteiger partial charge in [0.15, 0.2) is 0 Å². The number of amides is 1. The Labute approximate surface area is 210 Å². The van der Waals surface area contributed by atoms with Crippen molar-refractivity contribution in [3.8, 4) is 0 Å². The molecule has 38 heavy (non-hydrogen) atoms. The van der Waals surface area contributed by atoms with Gasteiger partial charge in [0.05, 0.1) is 10.5 Å². The number of esters is 1. The minimum absolute atomic E-state index is 0.139. The molecule has 0 atom stereocenters. The van der Waals surface area contributed by atoms with Crippen LogP contribution in [0.15, 0.2) is 84.9 Å². The van der Waals surface area contributed by atoms with E-state index in [4.69, 9.17) is 0 Å². The summed E-state index contributed by atoms with van der Waals surface area (Å²) in [6, 6.07) is 14.0. The number of nitrogens with one attached hydrogen (secondary N) is 1. The summed E-state index contributed by atoms with van der Waals surface area (Å²) in [7, 11) is 0. The van der Waals surface area contributed by atoms with E-state index in [1.807, 2.05) is 0 Å². The molecule has 3 aromatic rings. The van der Waals surface area contributed by atoms with Crippen LogP contribution in [0.25, 0.3) is 6.08 Å². The summed E-state index contributed by atoms with van der Waals surface area (Å²) in [6.45, 7) is 0. The molecule has 0 bridgehead atoms. The van der Waals surface area contributed by atoms with E-state index in [1.54, 1.807) is 30.3 Å². The van der Waals surface area contributed by atoms with Crippen LogP contribution in [0.2, 0.25) is 0 Å². The molecule has 3 aromatic carbocycles. The smallest absolute Gasteiger partial charge is 0.431 e. The first-order valence-corrected chi connectivity index (χ1v) is 10.5. The van der Waals surface area contributed by atoms with Gasteiger partial charge in [-0.25, -0.2) is 4.79 Å². The molecule has 0 saturated heterocycles. The van der Waals surface area contributed by atoms with Crippen LogP contribution in [0.5, 0.6) is 0 Å². The average Bonchev–Trinajstić information content (AvgIpc) is 2.85. The molecule has 3 rings (SSSR count). The number of non-ortho nitro benzene ring substituents is 1. The van der Waals surface area contributed by atoms with Gasteiger partial charge < -0.3 is 10.1 Å². The number of carbonyl (C=O) groups excluding carboxylic acids is 2. The summed E-state index contributed by atoms with van der Waals surface area (Å²) in [5, 5.41) is 13.2. The molecule has 0 saturated carbocycles. The number of hydrogen-bond donors (Lipinski definition) is 1. The second-order valence-electron chi connectivity index (χ2n) is 7.68. The molecule has 1 N–H and O–H groups in total. The maximum absolute atomic E-state index is 14.0. The fourth-order valence-corrected chi connectivity index (χ4v) is 3.32. The van der Waals surface area contributed by atoms with Crippen LogP contribution in [0.1, 0.15) is 21.5 Å². The number of benzene rings is 3. The van der Waals surface area contributed by atoms with Gasteiger partial charge in [-0.3, -0.25) is 14.9 Å². The predicted molar refractivity (Wildman–Crippen MR) is 123 cm³/mol. The Morgan fingerprint density at radius 3 is 2.00 bits per heavy atom. The molecular weight excluding hydrogens is 522 g/mol. The number of alkyl halides is 6. The van der Waals surface area contributed by atoms with Crippen LogP contribution in [-0.4, -0.2) is 29.2 Å². The summed E-state index contributed by atoms with van der Waals surface area (Å²) in [5.74, 6) is -2.80. The first-order valence-electron chi connectivity index (χ1n) is 10.5. The van der Waals surface area contributed by atoms with Crippen LogP contribution in [0.4, 0.5) is 37.7 Å². The number of nitrogens with zero attached hydrogens (tertiary/aromatic N) is 1. The Morgan fingerprint density at radius 2 is 1.45 bits per heavy atom. The molecule has 0 radical (unpaired) electrons. The van der Waals surface area contributed by atoms with Crippen molar-refractivity contribution < 1.29 is 45.6 Å². The highest BCUT2D eigenvalue weighted by Crippen LogP contribution is 2.53. The molecule has 0 aliphatic rings. The average molecular weight is 538 g/mol. The standard InChI is InChI=1S/C25H16F6N2O5/c26-24(27,28)23(25(29,30)31,38-22(35)17-7-4-8-20(15-17)33(36)37)18-10-12-19(13-11-18)32-21(34)14-9-16-5-2-1-3-6-16/h1-15H,(H,32,34)/b14-9+. The lowest BCUT2D eigenvalue weighted by atomic mass is 9.91. The summed E-state index contributed by atoms with van der Waals surface area (Å²) in [4.78, 5) is 34.4. The zero-order chi connectivity index (χ0) is 28.1. The van der Waals surface area contributed by atoms with Gasteiger partial charge in [0.2, 0.25) is 5.91 Å². The minimum Gasteiger partial charge on any atom is -0.431 e. The topological polar surface area (TPSA) is 98.5 Å². The highest BCUT2D eigenvalue weighted by atomic mass is 19.4. The zero-order valence-corrected chi connectivity index (χ0v) is 18.9. The van der Waals surface area contributed by atoms with Gasteiger partial charge in [-0.2, -0.15) is 26.3 Å². The number of halogens is 6. The molecule has 0 heterocycles. The molecular formula is C25H16F6N2O5. The van der Waals surface area contributed by atoms with E-state index < -0.39 is 51.6 Å². The van der Waals surface area contributed by atoms with E-state index in [0.29, 0.717) is 23.8 Å². The first kappa shape index (κ1) is 27.9. The molecule has 0 aliphatic heterocycles. The highest BCUT2D eigenvalue weighted by molar-refractivity contribution is 6.01. The van der Waals surface area contributed by atoms with E-state index in [-0.39, 0.29) is 5.69 Å². The van der Waals surface area contributed by atoms with Crippen molar-refractivity contribution in [2.45, 2.75) is 18.0 Å². The number of nitro benzene ring substituents is 1. The van der Waals surface area contributed by atoms with Gasteiger partial charge in [0.25, 0.3) is 5.69 Å². The van der Waals surface area contributed by atoms with Gasteiger partial charge in [-0.05, 0) is 29.8 Å². The number of ether oxygens (including phenoxy) is 1. The number of carbonyl (C=O) groups is 2. The summed E-state index contributed by atoms with van der Waals surface area (Å²) in [6.07, 6.45) is -9.83. The lowest BCUT2D eigenvalue weighted by molar-refractivity contribution is -0.384. The van der Waals surface area contributed by atoms with Gasteiger partial charge in [-0.1, -0.05) is 48.5 Å². The van der Waals surface area contributed by atoms with E-state index in [1.165, 1.54) is 6.08 Å². The third-order valence-corrected chi connectivity index (χ3v) is 5.12. The molecule has 0 spiro atoms. The fourth-order valence-electron chi connectivity index (χ4n) is 3.32. The zero-order valence-electron chi connectivity index (χ0n) is 18.9. The number of anilines is 1. The normalized spacial score (nSPS) is 12.3. The van der Waals surface area contributed by atoms with Crippen molar-refractivity contribution >= 4 is 29.3 Å². The molecule has 0 unspecified atom stereocenters. The Hall–Kier alpha value is -4.68. The van der Waals surface area contributed by atoms with Gasteiger partial charge in [-0.15, -0.1) is 0 Å². The van der Waals surface area contributed by atoms with E-state index in [9.17, 15) is 46.0 Å². The SMILES string of the molecule is O=C(/C=C/c1ccccc1)Nc1ccc(C(OC(=O)c2cccc([N+](=O)[O-])c2)(C(F)(F)F)C(F)(F)F)cc1. The van der Waals surface area contributed by atoms with Crippen molar-refractivity contribution in [2.24, 2.45) is 0 Å². The molecule has 0 aromatic heterocycles. The summed E-state index contributed by atoms with van der Waals surface area (Å²) >= 11 is 0. The van der Waals surface area contributed by atoms with Crippen molar-refractivity contribution in [1.82, 2.24) is 0 Å². The Kier molecular flexibility index (Phi) is 7.89. The number of rotatable bonds is 7. The Balaban J connectivity index is 1.93. The largest absolute Gasteiger partial charge is 0.442 e. The third kappa shape index (κ3) is 5.99. The fraction of sp³-hybridized carbons (Fsp3) is 0.120. The molecule has 0 aliphatic carbocycles. The van der Waals surface area contributed by atoms with E-state index in [0.717, 1.165) is 36.4 Å². The van der Waals surface area contributed by atoms with Crippen molar-refractivity contribution in [3.63, 3.8) is 0 Å². The molecule has 198 valence electrons. The van der Waals surface area contributed by atoms with E-state index >= 15 is 0 Å². The molecule has 7 nitrogen and oxygen atoms in total. The van der Waals surface area contributed by atoms with E-state index in [2.05, 4.69) is 10.1 Å². The third-order valence-electron chi connectivity index (χ3n) is 5.12. The first-order chi connectivity index (χ1) is 17.7. The quantitative estimate of drug-likeness (QED) is 0.123. The van der Waals surface area contributed by atoms with Crippen LogP contribution < -0.4 is 5.32 Å².